The molecule has 1 rings (SSSR count). The second kappa shape index (κ2) is 4.79. The highest BCUT2D eigenvalue weighted by Crippen LogP contribution is 2.00. The highest BCUT2D eigenvalue weighted by atomic mass is 16.2. The summed E-state index contributed by atoms with van der Waals surface area (Å²) in [6.45, 7) is 2.77. The van der Waals surface area contributed by atoms with E-state index in [0.29, 0.717) is 6.42 Å². The van der Waals surface area contributed by atoms with E-state index < -0.39 is 0 Å². The molecule has 4 nitrogen and oxygen atoms in total. The highest BCUT2D eigenvalue weighted by molar-refractivity contribution is 5.75. The number of imidazole rings is 1. The summed E-state index contributed by atoms with van der Waals surface area (Å²) in [5.41, 5.74) is 0. The topological polar surface area (TPSA) is 38.1 Å². The van der Waals surface area contributed by atoms with Crippen LogP contribution in [-0.2, 0) is 11.3 Å². The van der Waals surface area contributed by atoms with Crippen molar-refractivity contribution in [3.8, 4) is 0 Å². The van der Waals surface area contributed by atoms with Crippen molar-refractivity contribution in [3.63, 3.8) is 0 Å². The fourth-order valence-corrected chi connectivity index (χ4v) is 1.20. The third kappa shape index (κ3) is 2.87. The van der Waals surface area contributed by atoms with Crippen molar-refractivity contribution in [3.05, 3.63) is 18.2 Å². The van der Waals surface area contributed by atoms with E-state index in [0.717, 1.165) is 18.8 Å². The maximum absolute atomic E-state index is 11.2. The largest absolute Gasteiger partial charge is 0.349 e. The molecule has 1 aromatic heterocycles. The maximum atomic E-state index is 11.2. The monoisotopic (exact) mass is 194 g/mol. The van der Waals surface area contributed by atoms with Crippen molar-refractivity contribution in [1.29, 1.82) is 0 Å². The lowest BCUT2D eigenvalue weighted by molar-refractivity contribution is -0.128. The van der Waals surface area contributed by atoms with E-state index in [2.05, 4.69) is 11.2 Å². The standard InChI is InChI=1S/C10H16N3O/c1-9-11-6-8-13(9)7-4-5-10(14)12(2)3/h8H,4-5,7H2,1-3H3. The number of aryl methyl sites for hydroxylation is 2. The van der Waals surface area contributed by atoms with Crippen molar-refractivity contribution in [2.75, 3.05) is 14.1 Å². The van der Waals surface area contributed by atoms with E-state index in [1.165, 1.54) is 0 Å². The summed E-state index contributed by atoms with van der Waals surface area (Å²) in [7, 11) is 3.55. The van der Waals surface area contributed by atoms with Crippen LogP contribution in [0.2, 0.25) is 0 Å². The SMILES string of the molecule is Cc1n[c]cn1CCCC(=O)N(C)C. The summed E-state index contributed by atoms with van der Waals surface area (Å²) >= 11 is 0. The summed E-state index contributed by atoms with van der Waals surface area (Å²) in [4.78, 5) is 16.9. The van der Waals surface area contributed by atoms with Gasteiger partial charge in [0.2, 0.25) is 5.91 Å². The Hall–Kier alpha value is -1.32. The molecule has 14 heavy (non-hydrogen) atoms. The number of carbonyl (C=O) groups excluding carboxylic acids is 1. The summed E-state index contributed by atoms with van der Waals surface area (Å²) in [5.74, 6) is 1.12. The molecule has 0 spiro atoms. The Morgan fingerprint density at radius 2 is 2.36 bits per heavy atom. The molecule has 0 atom stereocenters. The minimum atomic E-state index is 0.173. The fourth-order valence-electron chi connectivity index (χ4n) is 1.20. The summed E-state index contributed by atoms with van der Waals surface area (Å²) in [5, 5.41) is 0. The molecule has 0 aliphatic carbocycles. The lowest BCUT2D eigenvalue weighted by atomic mass is 10.3. The van der Waals surface area contributed by atoms with E-state index in [4.69, 9.17) is 0 Å². The molecule has 0 bridgehead atoms. The van der Waals surface area contributed by atoms with Crippen molar-refractivity contribution in [2.45, 2.75) is 26.3 Å². The first kappa shape index (κ1) is 10.8. The molecule has 77 valence electrons. The zero-order valence-electron chi connectivity index (χ0n) is 8.95. The van der Waals surface area contributed by atoms with Gasteiger partial charge in [0.05, 0.1) is 0 Å². The Morgan fingerprint density at radius 3 is 2.86 bits per heavy atom. The predicted octanol–water partition coefficient (Wildman–Crippen LogP) is 0.860. The van der Waals surface area contributed by atoms with Gasteiger partial charge in [-0.3, -0.25) is 4.79 Å². The quantitative estimate of drug-likeness (QED) is 0.713. The van der Waals surface area contributed by atoms with Gasteiger partial charge in [0.1, 0.15) is 12.0 Å². The molecular weight excluding hydrogens is 178 g/mol. The van der Waals surface area contributed by atoms with Crippen LogP contribution in [0.1, 0.15) is 18.7 Å². The number of aromatic nitrogens is 2. The van der Waals surface area contributed by atoms with Gasteiger partial charge < -0.3 is 9.47 Å². The van der Waals surface area contributed by atoms with Gasteiger partial charge in [0.25, 0.3) is 0 Å². The molecular formula is C10H16N3O. The lowest BCUT2D eigenvalue weighted by Gasteiger charge is -2.10. The van der Waals surface area contributed by atoms with Crippen molar-refractivity contribution >= 4 is 5.91 Å². The normalized spacial score (nSPS) is 10.2. The second-order valence-electron chi connectivity index (χ2n) is 3.50. The average Bonchev–Trinajstić information content (AvgIpc) is 2.51. The first-order valence-electron chi connectivity index (χ1n) is 4.71. The van der Waals surface area contributed by atoms with Crippen LogP contribution in [-0.4, -0.2) is 34.5 Å². The van der Waals surface area contributed by atoms with Crippen LogP contribution in [0.25, 0.3) is 0 Å². The van der Waals surface area contributed by atoms with Gasteiger partial charge in [0.15, 0.2) is 0 Å². The molecule has 1 aromatic rings. The zero-order valence-corrected chi connectivity index (χ0v) is 8.95. The Bertz CT molecular complexity index is 304. The van der Waals surface area contributed by atoms with Gasteiger partial charge >= 0.3 is 0 Å². The third-order valence-electron chi connectivity index (χ3n) is 2.14. The van der Waals surface area contributed by atoms with E-state index in [1.54, 1.807) is 19.0 Å². The van der Waals surface area contributed by atoms with E-state index in [9.17, 15) is 4.79 Å². The number of hydrogen-bond donors (Lipinski definition) is 0. The van der Waals surface area contributed by atoms with Crippen LogP contribution in [0.3, 0.4) is 0 Å². The van der Waals surface area contributed by atoms with Crippen LogP contribution in [0, 0.1) is 13.1 Å². The van der Waals surface area contributed by atoms with Crippen LogP contribution in [0.15, 0.2) is 6.20 Å². The fraction of sp³-hybridized carbons (Fsp3) is 0.600. The van der Waals surface area contributed by atoms with Gasteiger partial charge in [-0.2, -0.15) is 0 Å². The maximum Gasteiger partial charge on any atom is 0.222 e. The Balaban J connectivity index is 2.29. The molecule has 0 saturated heterocycles. The summed E-state index contributed by atoms with van der Waals surface area (Å²) < 4.78 is 2.00. The van der Waals surface area contributed by atoms with Crippen LogP contribution < -0.4 is 0 Å². The molecule has 0 fully saturated rings. The van der Waals surface area contributed by atoms with Crippen LogP contribution >= 0.6 is 0 Å². The van der Waals surface area contributed by atoms with E-state index >= 15 is 0 Å². The lowest BCUT2D eigenvalue weighted by Crippen LogP contribution is -2.21. The number of rotatable bonds is 4. The molecule has 0 unspecified atom stereocenters. The molecule has 4 heteroatoms. The highest BCUT2D eigenvalue weighted by Gasteiger charge is 2.03. The molecule has 0 aromatic carbocycles. The van der Waals surface area contributed by atoms with Crippen molar-refractivity contribution in [2.24, 2.45) is 0 Å². The molecule has 0 saturated carbocycles. The third-order valence-corrected chi connectivity index (χ3v) is 2.14. The first-order chi connectivity index (χ1) is 6.61. The van der Waals surface area contributed by atoms with Crippen molar-refractivity contribution < 1.29 is 4.79 Å². The Kier molecular flexibility index (Phi) is 3.68. The molecule has 0 N–H and O–H groups in total. The van der Waals surface area contributed by atoms with Crippen molar-refractivity contribution in [1.82, 2.24) is 14.5 Å². The molecule has 0 aliphatic rings. The molecule has 0 aliphatic heterocycles. The smallest absolute Gasteiger partial charge is 0.222 e. The molecule has 1 heterocycles. The summed E-state index contributed by atoms with van der Waals surface area (Å²) in [6.07, 6.45) is 6.03. The average molecular weight is 194 g/mol. The van der Waals surface area contributed by atoms with Crippen LogP contribution in [0.4, 0.5) is 0 Å². The summed E-state index contributed by atoms with van der Waals surface area (Å²) in [6, 6.07) is 0. The minimum Gasteiger partial charge on any atom is -0.349 e. The van der Waals surface area contributed by atoms with Gasteiger partial charge in [0, 0.05) is 33.3 Å². The van der Waals surface area contributed by atoms with Crippen LogP contribution in [0.5, 0.6) is 0 Å². The zero-order chi connectivity index (χ0) is 10.6. The van der Waals surface area contributed by atoms with Gasteiger partial charge in [-0.1, -0.05) is 0 Å². The number of hydrogen-bond acceptors (Lipinski definition) is 2. The van der Waals surface area contributed by atoms with Gasteiger partial charge in [-0.15, -0.1) is 0 Å². The number of nitrogens with zero attached hydrogens (tertiary/aromatic N) is 3. The van der Waals surface area contributed by atoms with Gasteiger partial charge in [-0.05, 0) is 13.3 Å². The Morgan fingerprint density at radius 1 is 1.64 bits per heavy atom. The van der Waals surface area contributed by atoms with Gasteiger partial charge in [-0.25, -0.2) is 4.98 Å². The minimum absolute atomic E-state index is 0.173. The second-order valence-corrected chi connectivity index (χ2v) is 3.50. The number of carbonyl (C=O) groups is 1. The molecule has 1 radical (unpaired) electrons. The number of amides is 1. The molecule has 1 amide bonds. The predicted molar refractivity (Wildman–Crippen MR) is 53.7 cm³/mol. The Labute approximate surface area is 84.5 Å². The first-order valence-corrected chi connectivity index (χ1v) is 4.71. The van der Waals surface area contributed by atoms with E-state index in [-0.39, 0.29) is 5.91 Å². The van der Waals surface area contributed by atoms with E-state index in [1.807, 2.05) is 17.7 Å².